The number of nitrogens with one attached hydrogen (secondary N) is 1. The van der Waals surface area contributed by atoms with Crippen LogP contribution in [-0.2, 0) is 29.6 Å². The van der Waals surface area contributed by atoms with Crippen molar-refractivity contribution in [3.05, 3.63) is 86.7 Å². The lowest BCUT2D eigenvalue weighted by Gasteiger charge is -2.12. The maximum absolute atomic E-state index is 12.5. The molecular formula is C29H25Cl2N3O7S. The third-order valence-corrected chi connectivity index (χ3v) is 8.41. The number of carbonyl (C=O) groups excluding carboxylic acids is 1. The molecule has 2 aromatic carbocycles. The summed E-state index contributed by atoms with van der Waals surface area (Å²) in [6.45, 7) is -0.0514. The second-order valence-corrected chi connectivity index (χ2v) is 12.5. The van der Waals surface area contributed by atoms with Crippen molar-refractivity contribution in [3.8, 4) is 28.6 Å². The lowest BCUT2D eigenvalue weighted by atomic mass is 10.0. The number of aromatic nitrogens is 2. The van der Waals surface area contributed by atoms with E-state index in [1.807, 2.05) is 0 Å². The van der Waals surface area contributed by atoms with Crippen LogP contribution in [0.3, 0.4) is 0 Å². The zero-order chi connectivity index (χ0) is 29.4. The predicted molar refractivity (Wildman–Crippen MR) is 155 cm³/mol. The van der Waals surface area contributed by atoms with Gasteiger partial charge in [0.15, 0.2) is 0 Å². The van der Waals surface area contributed by atoms with Gasteiger partial charge in [0.2, 0.25) is 5.88 Å². The summed E-state index contributed by atoms with van der Waals surface area (Å²) in [5.74, 6) is 1.45. The first-order valence-electron chi connectivity index (χ1n) is 13.3. The first-order valence-corrected chi connectivity index (χ1v) is 15.6. The molecule has 10 nitrogen and oxygen atoms in total. The summed E-state index contributed by atoms with van der Waals surface area (Å²) >= 11 is 12.9. The summed E-state index contributed by atoms with van der Waals surface area (Å²) in [7, 11) is -4.17. The highest BCUT2D eigenvalue weighted by atomic mass is 35.5. The maximum Gasteiger partial charge on any atom is 0.266 e. The number of nitrogens with zero attached hydrogens (tertiary/aromatic N) is 2. The molecule has 3 heterocycles. The molecule has 1 fully saturated rings. The third-order valence-electron chi connectivity index (χ3n) is 7.06. The van der Waals surface area contributed by atoms with E-state index < -0.39 is 21.8 Å². The van der Waals surface area contributed by atoms with Gasteiger partial charge in [0, 0.05) is 29.7 Å². The Bertz CT molecular complexity index is 1770. The van der Waals surface area contributed by atoms with E-state index >= 15 is 0 Å². The smallest absolute Gasteiger partial charge is 0.266 e. The van der Waals surface area contributed by atoms with Crippen molar-refractivity contribution in [2.45, 2.75) is 38.2 Å². The van der Waals surface area contributed by atoms with E-state index in [2.05, 4.69) is 10.5 Å². The molecule has 0 unspecified atom stereocenters. The topological polar surface area (TPSA) is 141 Å². The van der Waals surface area contributed by atoms with Crippen LogP contribution in [-0.4, -0.2) is 41.3 Å². The van der Waals surface area contributed by atoms with Crippen LogP contribution in [0.2, 0.25) is 10.0 Å². The van der Waals surface area contributed by atoms with E-state index in [1.54, 1.807) is 48.5 Å². The molecule has 6 rings (SSSR count). The van der Waals surface area contributed by atoms with Gasteiger partial charge in [0.05, 0.1) is 27.1 Å². The summed E-state index contributed by atoms with van der Waals surface area (Å²) < 4.78 is 48.7. The number of rotatable bonds is 9. The fourth-order valence-corrected chi connectivity index (χ4v) is 5.72. The van der Waals surface area contributed by atoms with Crippen LogP contribution >= 0.6 is 23.2 Å². The minimum atomic E-state index is -4.17. The van der Waals surface area contributed by atoms with Crippen LogP contribution in [0.4, 0.5) is 0 Å². The van der Waals surface area contributed by atoms with E-state index in [-0.39, 0.29) is 19.1 Å². The molecule has 1 aliphatic heterocycles. The molecule has 2 aromatic heterocycles. The quantitative estimate of drug-likeness (QED) is 0.213. The fraction of sp³-hybridized carbons (Fsp3) is 0.276. The average Bonchev–Trinajstić information content (AvgIpc) is 3.73. The van der Waals surface area contributed by atoms with Gasteiger partial charge in [0.1, 0.15) is 29.6 Å². The highest BCUT2D eigenvalue weighted by Crippen LogP contribution is 2.46. The molecule has 1 amide bonds. The van der Waals surface area contributed by atoms with Crippen LogP contribution < -0.4 is 14.8 Å². The lowest BCUT2D eigenvalue weighted by molar-refractivity contribution is 0.0955. The van der Waals surface area contributed by atoms with Crippen LogP contribution in [0.15, 0.2) is 53.1 Å². The van der Waals surface area contributed by atoms with Gasteiger partial charge in [-0.15, -0.1) is 0 Å². The van der Waals surface area contributed by atoms with Crippen molar-refractivity contribution in [3.63, 3.8) is 0 Å². The number of pyridine rings is 1. The molecule has 0 saturated heterocycles. The third kappa shape index (κ3) is 6.24. The molecule has 42 heavy (non-hydrogen) atoms. The average molecular weight is 631 g/mol. The molecule has 0 atom stereocenters. The molecule has 1 aliphatic carbocycles. The number of aryl methyl sites for hydroxylation is 2. The second kappa shape index (κ2) is 11.6. The van der Waals surface area contributed by atoms with Crippen molar-refractivity contribution in [1.82, 2.24) is 15.5 Å². The number of fused-ring (bicyclic) bond motifs is 2. The zero-order valence-electron chi connectivity index (χ0n) is 22.1. The van der Waals surface area contributed by atoms with Gasteiger partial charge >= 0.3 is 0 Å². The minimum Gasteiger partial charge on any atom is -0.473 e. The maximum atomic E-state index is 12.5. The van der Waals surface area contributed by atoms with E-state index in [1.165, 1.54) is 0 Å². The van der Waals surface area contributed by atoms with Crippen LogP contribution in [0.5, 0.6) is 17.4 Å². The molecule has 13 heteroatoms. The molecule has 4 aromatic rings. The van der Waals surface area contributed by atoms with Crippen molar-refractivity contribution in [2.24, 2.45) is 0 Å². The molecular weight excluding hydrogens is 605 g/mol. The number of benzene rings is 2. The Morgan fingerprint density at radius 2 is 1.86 bits per heavy atom. The highest BCUT2D eigenvalue weighted by Gasteiger charge is 2.34. The Hall–Kier alpha value is -3.64. The van der Waals surface area contributed by atoms with Gasteiger partial charge in [-0.25, -0.2) is 4.98 Å². The summed E-state index contributed by atoms with van der Waals surface area (Å²) in [5.41, 5.74) is 3.83. The zero-order valence-corrected chi connectivity index (χ0v) is 24.4. The molecule has 0 spiro atoms. The lowest BCUT2D eigenvalue weighted by Crippen LogP contribution is -2.28. The SMILES string of the molecule is O=C(NCCS(=O)(=O)O)c1ccc2c(c1)Oc1ccc(OCc3c(-c4c(Cl)cccc4Cl)noc3C3CC3)nc1CC2. The van der Waals surface area contributed by atoms with Gasteiger partial charge in [-0.2, -0.15) is 8.42 Å². The molecule has 0 bridgehead atoms. The minimum absolute atomic E-state index is 0.162. The summed E-state index contributed by atoms with van der Waals surface area (Å²) in [6, 6.07) is 13.8. The van der Waals surface area contributed by atoms with E-state index in [0.29, 0.717) is 62.8 Å². The van der Waals surface area contributed by atoms with E-state index in [9.17, 15) is 13.2 Å². The largest absolute Gasteiger partial charge is 0.473 e. The Morgan fingerprint density at radius 3 is 2.60 bits per heavy atom. The van der Waals surface area contributed by atoms with Crippen LogP contribution in [0, 0.1) is 0 Å². The number of halogens is 2. The number of amides is 1. The molecule has 2 aliphatic rings. The molecule has 0 radical (unpaired) electrons. The number of carbonyl (C=O) groups is 1. The van der Waals surface area contributed by atoms with Gasteiger partial charge in [-0.05, 0) is 61.6 Å². The van der Waals surface area contributed by atoms with Crippen molar-refractivity contribution in [2.75, 3.05) is 12.3 Å². The normalized spacial score (nSPS) is 14.4. The Balaban J connectivity index is 1.19. The Morgan fingerprint density at radius 1 is 1.07 bits per heavy atom. The van der Waals surface area contributed by atoms with Crippen molar-refractivity contribution in [1.29, 1.82) is 0 Å². The molecule has 2 N–H and O–H groups in total. The van der Waals surface area contributed by atoms with Crippen LogP contribution in [0.25, 0.3) is 11.3 Å². The van der Waals surface area contributed by atoms with Gasteiger partial charge in [0.25, 0.3) is 16.0 Å². The monoisotopic (exact) mass is 629 g/mol. The number of hydrogen-bond acceptors (Lipinski definition) is 8. The highest BCUT2D eigenvalue weighted by molar-refractivity contribution is 7.85. The second-order valence-electron chi connectivity index (χ2n) is 10.1. The fourth-order valence-electron chi connectivity index (χ4n) is 4.78. The standard InChI is InChI=1S/C29H25Cl2N3O7S/c30-20-2-1-3-21(31)26(20)27-19(28(41-34-27)17-5-6-17)15-39-25-11-10-23-22(33-25)9-8-16-4-7-18(14-24(16)40-23)29(35)32-12-13-42(36,37)38/h1-4,7,10-11,14,17H,5-6,8-9,12-13,15H2,(H,32,35)(H,36,37,38). The van der Waals surface area contributed by atoms with Gasteiger partial charge in [-0.3, -0.25) is 9.35 Å². The number of hydrogen-bond donors (Lipinski definition) is 2. The summed E-state index contributed by atoms with van der Waals surface area (Å²) in [6.07, 6.45) is 3.23. The summed E-state index contributed by atoms with van der Waals surface area (Å²) in [4.78, 5) is 17.2. The Labute approximate surface area is 251 Å². The number of ether oxygens (including phenoxy) is 2. The van der Waals surface area contributed by atoms with Gasteiger partial charge in [-0.1, -0.05) is 40.5 Å². The van der Waals surface area contributed by atoms with Crippen molar-refractivity contribution < 1.29 is 31.8 Å². The summed E-state index contributed by atoms with van der Waals surface area (Å²) in [5, 5.41) is 7.72. The van der Waals surface area contributed by atoms with Gasteiger partial charge < -0.3 is 19.3 Å². The molecule has 1 saturated carbocycles. The van der Waals surface area contributed by atoms with E-state index in [0.717, 1.165) is 29.7 Å². The van der Waals surface area contributed by atoms with Crippen molar-refractivity contribution >= 4 is 39.2 Å². The molecule has 218 valence electrons. The first kappa shape index (κ1) is 28.5. The predicted octanol–water partition coefficient (Wildman–Crippen LogP) is 6.01. The Kier molecular flexibility index (Phi) is 7.84. The first-order chi connectivity index (χ1) is 20.2. The van der Waals surface area contributed by atoms with E-state index in [4.69, 9.17) is 46.7 Å². The van der Waals surface area contributed by atoms with Crippen LogP contribution in [0.1, 0.15) is 51.7 Å².